The summed E-state index contributed by atoms with van der Waals surface area (Å²) in [5, 5.41) is 24.6. The molecule has 0 aliphatic carbocycles. The quantitative estimate of drug-likeness (QED) is 0.0249. The summed E-state index contributed by atoms with van der Waals surface area (Å²) in [6.07, 6.45) is 3.11. The number of carbonyl (C=O) groups excluding carboxylic acids is 7. The van der Waals surface area contributed by atoms with Crippen LogP contribution in [0.2, 0.25) is 0 Å². The highest BCUT2D eigenvalue weighted by Gasteiger charge is 2.33. The maximum Gasteiger partial charge on any atom is 0.325 e. The molecule has 0 spiro atoms. The molecule has 0 aliphatic heterocycles. The largest absolute Gasteiger partial charge is 0.480 e. The first-order chi connectivity index (χ1) is 26.6. The summed E-state index contributed by atoms with van der Waals surface area (Å²) in [7, 11) is 0. The number of imidazole rings is 1. The highest BCUT2D eigenvalue weighted by molar-refractivity contribution is 5.97. The maximum absolute atomic E-state index is 13.9. The number of guanidine groups is 1. The van der Waals surface area contributed by atoms with E-state index >= 15 is 0 Å². The Kier molecular flexibility index (Phi) is 21.3. The lowest BCUT2D eigenvalue weighted by atomic mass is 10.0. The van der Waals surface area contributed by atoms with Gasteiger partial charge in [0.1, 0.15) is 36.3 Å². The third-order valence-corrected chi connectivity index (χ3v) is 8.39. The number of carboxylic acid groups (broad SMARTS) is 1. The summed E-state index contributed by atoms with van der Waals surface area (Å²) in [6.45, 7) is 10.0. The molecule has 7 atom stereocenters. The third kappa shape index (κ3) is 19.6. The minimum absolute atomic E-state index is 0.0228. The van der Waals surface area contributed by atoms with Crippen molar-refractivity contribution in [2.24, 2.45) is 39.8 Å². The molecule has 0 aliphatic rings. The molecule has 0 fully saturated rings. The van der Waals surface area contributed by atoms with Crippen LogP contribution in [0.5, 0.6) is 0 Å². The second kappa shape index (κ2) is 24.7. The van der Waals surface area contributed by atoms with Gasteiger partial charge in [-0.25, -0.2) is 4.98 Å². The number of H-pyrrole nitrogens is 1. The van der Waals surface area contributed by atoms with E-state index in [1.807, 2.05) is 13.8 Å². The fourth-order valence-corrected chi connectivity index (χ4v) is 5.31. The molecule has 57 heavy (non-hydrogen) atoms. The van der Waals surface area contributed by atoms with Gasteiger partial charge in [-0.1, -0.05) is 27.7 Å². The average molecular weight is 808 g/mol. The van der Waals surface area contributed by atoms with Gasteiger partial charge in [0.05, 0.1) is 12.4 Å². The number of primary amides is 1. The van der Waals surface area contributed by atoms with E-state index in [0.29, 0.717) is 5.69 Å². The average Bonchev–Trinajstić information content (AvgIpc) is 3.63. The van der Waals surface area contributed by atoms with E-state index in [2.05, 4.69) is 46.9 Å². The molecule has 22 nitrogen and oxygen atoms in total. The van der Waals surface area contributed by atoms with Gasteiger partial charge in [0, 0.05) is 31.3 Å². The van der Waals surface area contributed by atoms with Crippen LogP contribution < -0.4 is 54.8 Å². The molecule has 320 valence electrons. The van der Waals surface area contributed by atoms with Gasteiger partial charge >= 0.3 is 5.97 Å². The molecule has 1 aromatic heterocycles. The number of amides is 7. The number of aromatic nitrogens is 2. The van der Waals surface area contributed by atoms with Gasteiger partial charge in [-0.3, -0.25) is 43.3 Å². The lowest BCUT2D eigenvalue weighted by Gasteiger charge is -2.27. The molecule has 0 radical (unpaired) electrons. The van der Waals surface area contributed by atoms with E-state index in [0.717, 1.165) is 0 Å². The standard InChI is InChI=1S/C35H61N13O9/c1-17(2)12-24(47-29(51)22(36)9-10-27(37)49)31(53)43-19(5)28(50)46-26(14-21-15-40-16-42-21)33(55)48-25(13-18(3)4)32(54)45-23(8-7-11-41-35(38)39)30(52)44-20(6)34(56)57/h15-20,22-26H,7-14,36H2,1-6H3,(H2,37,49)(H,40,42)(H,43,53)(H,44,52)(H,45,54)(H,46,50)(H,47,51)(H,48,55)(H,56,57)(H4,38,39,41)/t19-,20-,22-,23-,24-,25-,26-/m0/s1. The van der Waals surface area contributed by atoms with Crippen molar-refractivity contribution in [2.45, 2.75) is 129 Å². The molecule has 22 heteroatoms. The molecule has 0 saturated carbocycles. The van der Waals surface area contributed by atoms with Gasteiger partial charge in [0.15, 0.2) is 5.96 Å². The fraction of sp³-hybridized carbons (Fsp3) is 0.657. The molecular formula is C35H61N13O9. The Bertz CT molecular complexity index is 1550. The van der Waals surface area contributed by atoms with Crippen LogP contribution in [0.4, 0.5) is 0 Å². The molecule has 16 N–H and O–H groups in total. The van der Waals surface area contributed by atoms with Crippen LogP contribution in [0, 0.1) is 11.8 Å². The molecule has 0 aromatic carbocycles. The Labute approximate surface area is 331 Å². The number of nitrogens with two attached hydrogens (primary N) is 4. The number of aromatic amines is 1. The van der Waals surface area contributed by atoms with Crippen molar-refractivity contribution >= 4 is 53.3 Å². The molecule has 1 aromatic rings. The van der Waals surface area contributed by atoms with Crippen LogP contribution in [-0.2, 0) is 44.8 Å². The Morgan fingerprint density at radius 1 is 0.684 bits per heavy atom. The van der Waals surface area contributed by atoms with Gasteiger partial charge in [0.25, 0.3) is 0 Å². The number of carboxylic acids is 1. The summed E-state index contributed by atoms with van der Waals surface area (Å²) >= 11 is 0. The Hall–Kier alpha value is -5.80. The first kappa shape index (κ1) is 49.2. The highest BCUT2D eigenvalue weighted by atomic mass is 16.4. The van der Waals surface area contributed by atoms with Crippen LogP contribution in [0.3, 0.4) is 0 Å². The molecule has 0 unspecified atom stereocenters. The van der Waals surface area contributed by atoms with Crippen LogP contribution >= 0.6 is 0 Å². The smallest absolute Gasteiger partial charge is 0.325 e. The minimum atomic E-state index is -1.30. The molecular weight excluding hydrogens is 746 g/mol. The van der Waals surface area contributed by atoms with E-state index in [1.54, 1.807) is 13.8 Å². The van der Waals surface area contributed by atoms with Crippen molar-refractivity contribution < 1.29 is 43.5 Å². The predicted molar refractivity (Wildman–Crippen MR) is 208 cm³/mol. The number of rotatable bonds is 26. The van der Waals surface area contributed by atoms with Gasteiger partial charge in [-0.15, -0.1) is 0 Å². The van der Waals surface area contributed by atoms with Crippen LogP contribution in [0.1, 0.15) is 85.8 Å². The van der Waals surface area contributed by atoms with Crippen molar-refractivity contribution in [2.75, 3.05) is 6.54 Å². The topological polar surface area (TPSA) is 374 Å². The number of nitrogens with one attached hydrogen (secondary N) is 7. The molecule has 0 saturated heterocycles. The zero-order valence-electron chi connectivity index (χ0n) is 33.4. The monoisotopic (exact) mass is 807 g/mol. The van der Waals surface area contributed by atoms with Crippen molar-refractivity contribution in [1.29, 1.82) is 0 Å². The van der Waals surface area contributed by atoms with Crippen molar-refractivity contribution in [1.82, 2.24) is 41.9 Å². The maximum atomic E-state index is 13.9. The van der Waals surface area contributed by atoms with E-state index in [1.165, 1.54) is 26.4 Å². The second-order valence-corrected chi connectivity index (χ2v) is 14.6. The predicted octanol–water partition coefficient (Wildman–Crippen LogP) is -3.28. The number of aliphatic imine (C=N–C) groups is 1. The highest BCUT2D eigenvalue weighted by Crippen LogP contribution is 2.10. The molecule has 7 amide bonds. The Morgan fingerprint density at radius 2 is 1.18 bits per heavy atom. The van der Waals surface area contributed by atoms with Crippen LogP contribution in [0.15, 0.2) is 17.5 Å². The molecule has 1 heterocycles. The Morgan fingerprint density at radius 3 is 1.68 bits per heavy atom. The van der Waals surface area contributed by atoms with E-state index in [-0.39, 0.29) is 69.3 Å². The van der Waals surface area contributed by atoms with E-state index in [9.17, 15) is 43.5 Å². The number of carbonyl (C=O) groups is 8. The normalized spacial score (nSPS) is 14.8. The van der Waals surface area contributed by atoms with Crippen LogP contribution in [0.25, 0.3) is 0 Å². The van der Waals surface area contributed by atoms with Gasteiger partial charge in [-0.2, -0.15) is 0 Å². The van der Waals surface area contributed by atoms with Crippen molar-refractivity contribution in [3.63, 3.8) is 0 Å². The van der Waals surface area contributed by atoms with Crippen molar-refractivity contribution in [3.8, 4) is 0 Å². The summed E-state index contributed by atoms with van der Waals surface area (Å²) in [6, 6.07) is -8.41. The third-order valence-electron chi connectivity index (χ3n) is 8.39. The van der Waals surface area contributed by atoms with E-state index < -0.39 is 89.6 Å². The SMILES string of the molecule is CC(C)C[C@H](NC(=O)[C@H](Cc1cnc[nH]1)NC(=O)[C@H](C)NC(=O)[C@H](CC(C)C)NC(=O)[C@@H](N)CCC(N)=O)C(=O)N[C@@H](CCCN=C(N)N)C(=O)N[C@@H](C)C(=O)O. The summed E-state index contributed by atoms with van der Waals surface area (Å²) in [4.78, 5) is 113. The van der Waals surface area contributed by atoms with Crippen LogP contribution in [-0.4, -0.2) is 117 Å². The lowest BCUT2D eigenvalue weighted by Crippen LogP contribution is -2.60. The molecule has 1 rings (SSSR count). The van der Waals surface area contributed by atoms with Gasteiger partial charge in [-0.05, 0) is 57.8 Å². The summed E-state index contributed by atoms with van der Waals surface area (Å²) in [5.41, 5.74) is 22.2. The number of nitrogens with zero attached hydrogens (tertiary/aromatic N) is 2. The summed E-state index contributed by atoms with van der Waals surface area (Å²) < 4.78 is 0. The second-order valence-electron chi connectivity index (χ2n) is 14.6. The van der Waals surface area contributed by atoms with Gasteiger partial charge < -0.3 is 64.9 Å². The van der Waals surface area contributed by atoms with Crippen molar-refractivity contribution in [3.05, 3.63) is 18.2 Å². The number of aliphatic carboxylic acids is 1. The Balaban J connectivity index is 3.23. The van der Waals surface area contributed by atoms with Gasteiger partial charge in [0.2, 0.25) is 41.4 Å². The van der Waals surface area contributed by atoms with E-state index in [4.69, 9.17) is 22.9 Å². The fourth-order valence-electron chi connectivity index (χ4n) is 5.31. The first-order valence-corrected chi connectivity index (χ1v) is 18.7. The number of hydrogen-bond donors (Lipinski definition) is 12. The minimum Gasteiger partial charge on any atom is -0.480 e. The zero-order valence-corrected chi connectivity index (χ0v) is 33.4. The molecule has 0 bridgehead atoms. The summed E-state index contributed by atoms with van der Waals surface area (Å²) in [5.74, 6) is -6.76. The zero-order chi connectivity index (χ0) is 43.4. The first-order valence-electron chi connectivity index (χ1n) is 18.7. The lowest BCUT2D eigenvalue weighted by molar-refractivity contribution is -0.142. The number of hydrogen-bond acceptors (Lipinski definition) is 11.